The van der Waals surface area contributed by atoms with Crippen LogP contribution in [0.15, 0.2) is 41.8 Å². The zero-order valence-corrected chi connectivity index (χ0v) is 18.9. The maximum absolute atomic E-state index is 13.0. The van der Waals surface area contributed by atoms with E-state index in [1.165, 1.54) is 31.2 Å². The van der Waals surface area contributed by atoms with Crippen LogP contribution in [0.1, 0.15) is 46.5 Å². The van der Waals surface area contributed by atoms with Gasteiger partial charge in [-0.2, -0.15) is 0 Å². The number of rotatable bonds is 5. The SMILES string of the molecule is O=C(NCc1ccccc1)N1CCN(C(=O)c2cc(CN3CCCCCC3)cs2)CC1. The molecule has 0 atom stereocenters. The lowest BCUT2D eigenvalue weighted by Crippen LogP contribution is -2.53. The third kappa shape index (κ3) is 6.08. The zero-order valence-electron chi connectivity index (χ0n) is 18.1. The number of amides is 3. The topological polar surface area (TPSA) is 55.9 Å². The number of carbonyl (C=O) groups is 2. The number of nitrogens with one attached hydrogen (secondary N) is 1. The smallest absolute Gasteiger partial charge is 0.317 e. The number of urea groups is 1. The fourth-order valence-electron chi connectivity index (χ4n) is 4.28. The van der Waals surface area contributed by atoms with E-state index in [1.54, 1.807) is 16.2 Å². The molecule has 4 rings (SSSR count). The molecule has 1 aromatic carbocycles. The summed E-state index contributed by atoms with van der Waals surface area (Å²) in [6.07, 6.45) is 5.22. The Balaban J connectivity index is 1.23. The molecule has 6 nitrogen and oxygen atoms in total. The van der Waals surface area contributed by atoms with E-state index in [2.05, 4.69) is 21.7 Å². The van der Waals surface area contributed by atoms with E-state index in [0.717, 1.165) is 30.1 Å². The van der Waals surface area contributed by atoms with Gasteiger partial charge in [-0.05, 0) is 48.5 Å². The highest BCUT2D eigenvalue weighted by Gasteiger charge is 2.25. The first-order valence-electron chi connectivity index (χ1n) is 11.3. The van der Waals surface area contributed by atoms with E-state index >= 15 is 0 Å². The number of nitrogens with zero attached hydrogens (tertiary/aromatic N) is 3. The van der Waals surface area contributed by atoms with Crippen molar-refractivity contribution in [2.75, 3.05) is 39.3 Å². The van der Waals surface area contributed by atoms with Gasteiger partial charge in [0.25, 0.3) is 5.91 Å². The predicted molar refractivity (Wildman–Crippen MR) is 124 cm³/mol. The van der Waals surface area contributed by atoms with Gasteiger partial charge < -0.3 is 15.1 Å². The molecule has 2 aliphatic rings. The van der Waals surface area contributed by atoms with Gasteiger partial charge in [0.15, 0.2) is 0 Å². The summed E-state index contributed by atoms with van der Waals surface area (Å²) in [6.45, 7) is 6.08. The van der Waals surface area contributed by atoms with Crippen molar-refractivity contribution in [3.8, 4) is 0 Å². The Kier molecular flexibility index (Phi) is 7.59. The molecule has 3 heterocycles. The molecule has 0 unspecified atom stereocenters. The van der Waals surface area contributed by atoms with Crippen LogP contribution < -0.4 is 5.32 Å². The molecule has 0 radical (unpaired) electrons. The van der Waals surface area contributed by atoms with Crippen molar-refractivity contribution in [1.29, 1.82) is 0 Å². The van der Waals surface area contributed by atoms with Crippen LogP contribution >= 0.6 is 11.3 Å². The fourth-order valence-corrected chi connectivity index (χ4v) is 5.15. The largest absolute Gasteiger partial charge is 0.334 e. The number of likely N-dealkylation sites (tertiary alicyclic amines) is 1. The molecule has 0 saturated carbocycles. The van der Waals surface area contributed by atoms with Crippen LogP contribution in [0.5, 0.6) is 0 Å². The second-order valence-electron chi connectivity index (χ2n) is 8.43. The van der Waals surface area contributed by atoms with Crippen LogP contribution in [0.4, 0.5) is 4.79 Å². The van der Waals surface area contributed by atoms with E-state index in [4.69, 9.17) is 0 Å². The van der Waals surface area contributed by atoms with E-state index in [-0.39, 0.29) is 11.9 Å². The molecule has 2 saturated heterocycles. The first kappa shape index (κ1) is 21.8. The predicted octanol–water partition coefficient (Wildman–Crippen LogP) is 3.79. The first-order valence-corrected chi connectivity index (χ1v) is 12.2. The Labute approximate surface area is 188 Å². The summed E-state index contributed by atoms with van der Waals surface area (Å²) in [5.41, 5.74) is 2.33. The second kappa shape index (κ2) is 10.8. The number of benzene rings is 1. The quantitative estimate of drug-likeness (QED) is 0.770. The molecule has 166 valence electrons. The van der Waals surface area contributed by atoms with Gasteiger partial charge in [-0.1, -0.05) is 43.2 Å². The summed E-state index contributed by atoms with van der Waals surface area (Å²) >= 11 is 1.55. The van der Waals surface area contributed by atoms with E-state index < -0.39 is 0 Å². The minimum Gasteiger partial charge on any atom is -0.334 e. The van der Waals surface area contributed by atoms with Gasteiger partial charge >= 0.3 is 6.03 Å². The second-order valence-corrected chi connectivity index (χ2v) is 9.34. The molecule has 1 aromatic heterocycles. The van der Waals surface area contributed by atoms with Gasteiger partial charge in [0.1, 0.15) is 0 Å². The standard InChI is InChI=1S/C24H32N4O2S/c29-23(22-16-21(19-31-22)18-26-10-6-1-2-7-11-26)27-12-14-28(15-13-27)24(30)25-17-20-8-4-3-5-9-20/h3-5,8-9,16,19H,1-2,6-7,10-15,17-18H2,(H,25,30). The molecule has 2 aliphatic heterocycles. The molecule has 2 fully saturated rings. The van der Waals surface area contributed by atoms with Gasteiger partial charge in [-0.15, -0.1) is 11.3 Å². The highest BCUT2D eigenvalue weighted by Crippen LogP contribution is 2.21. The van der Waals surface area contributed by atoms with Crippen LogP contribution in [0.2, 0.25) is 0 Å². The summed E-state index contributed by atoms with van der Waals surface area (Å²) in [5, 5.41) is 5.10. The monoisotopic (exact) mass is 440 g/mol. The van der Waals surface area contributed by atoms with Gasteiger partial charge in [-0.25, -0.2) is 4.79 Å². The molecular weight excluding hydrogens is 408 g/mol. The average molecular weight is 441 g/mol. The first-order chi connectivity index (χ1) is 15.2. The normalized spacial score (nSPS) is 17.9. The molecule has 0 spiro atoms. The Morgan fingerprint density at radius 3 is 2.23 bits per heavy atom. The summed E-state index contributed by atoms with van der Waals surface area (Å²) in [5.74, 6) is 0.0939. The van der Waals surface area contributed by atoms with Crippen molar-refractivity contribution in [1.82, 2.24) is 20.0 Å². The Morgan fingerprint density at radius 1 is 0.839 bits per heavy atom. The Hall–Kier alpha value is -2.38. The molecule has 0 bridgehead atoms. The molecule has 0 aliphatic carbocycles. The van der Waals surface area contributed by atoms with Crippen molar-refractivity contribution in [3.05, 3.63) is 57.8 Å². The number of piperazine rings is 1. The number of hydrogen-bond acceptors (Lipinski definition) is 4. The van der Waals surface area contributed by atoms with Crippen molar-refractivity contribution in [2.45, 2.75) is 38.8 Å². The Bertz CT molecular complexity index is 853. The maximum Gasteiger partial charge on any atom is 0.317 e. The van der Waals surface area contributed by atoms with Gasteiger partial charge in [0.05, 0.1) is 4.88 Å². The van der Waals surface area contributed by atoms with E-state index in [0.29, 0.717) is 32.7 Å². The van der Waals surface area contributed by atoms with Gasteiger partial charge in [0, 0.05) is 39.3 Å². The van der Waals surface area contributed by atoms with Gasteiger partial charge in [0.2, 0.25) is 0 Å². The number of thiophene rings is 1. The highest BCUT2D eigenvalue weighted by molar-refractivity contribution is 7.12. The lowest BCUT2D eigenvalue weighted by molar-refractivity contribution is 0.0669. The fraction of sp³-hybridized carbons (Fsp3) is 0.500. The van der Waals surface area contributed by atoms with Crippen molar-refractivity contribution in [2.24, 2.45) is 0 Å². The Morgan fingerprint density at radius 2 is 1.52 bits per heavy atom. The van der Waals surface area contributed by atoms with Crippen LogP contribution in [0.25, 0.3) is 0 Å². The lowest BCUT2D eigenvalue weighted by atomic mass is 10.2. The van der Waals surface area contributed by atoms with Gasteiger partial charge in [-0.3, -0.25) is 9.69 Å². The molecule has 3 amide bonds. The molecule has 2 aromatic rings. The minimum absolute atomic E-state index is 0.0631. The summed E-state index contributed by atoms with van der Waals surface area (Å²) in [7, 11) is 0. The van der Waals surface area contributed by atoms with Crippen LogP contribution in [0.3, 0.4) is 0 Å². The highest BCUT2D eigenvalue weighted by atomic mass is 32.1. The van der Waals surface area contributed by atoms with Crippen LogP contribution in [0, 0.1) is 0 Å². The van der Waals surface area contributed by atoms with Crippen molar-refractivity contribution >= 4 is 23.3 Å². The number of carbonyl (C=O) groups excluding carboxylic acids is 2. The van der Waals surface area contributed by atoms with Crippen LogP contribution in [-0.2, 0) is 13.1 Å². The number of hydrogen-bond donors (Lipinski definition) is 1. The molecule has 7 heteroatoms. The third-order valence-electron chi connectivity index (χ3n) is 6.11. The average Bonchev–Trinajstić information content (AvgIpc) is 3.13. The van der Waals surface area contributed by atoms with Crippen LogP contribution in [-0.4, -0.2) is 65.9 Å². The molecule has 31 heavy (non-hydrogen) atoms. The summed E-state index contributed by atoms with van der Waals surface area (Å²) in [4.78, 5) is 32.4. The summed E-state index contributed by atoms with van der Waals surface area (Å²) in [6, 6.07) is 11.9. The summed E-state index contributed by atoms with van der Waals surface area (Å²) < 4.78 is 0. The van der Waals surface area contributed by atoms with E-state index in [9.17, 15) is 9.59 Å². The van der Waals surface area contributed by atoms with Crippen molar-refractivity contribution < 1.29 is 9.59 Å². The third-order valence-corrected chi connectivity index (χ3v) is 7.08. The maximum atomic E-state index is 13.0. The molecule has 1 N–H and O–H groups in total. The molecular formula is C24H32N4O2S. The zero-order chi connectivity index (χ0) is 21.5. The van der Waals surface area contributed by atoms with E-state index in [1.807, 2.05) is 35.2 Å². The lowest BCUT2D eigenvalue weighted by Gasteiger charge is -2.34. The van der Waals surface area contributed by atoms with Crippen molar-refractivity contribution in [3.63, 3.8) is 0 Å². The minimum atomic E-state index is -0.0631.